The Morgan fingerprint density at radius 2 is 1.79 bits per heavy atom. The van der Waals surface area contributed by atoms with Gasteiger partial charge in [-0.05, 0) is 60.0 Å². The summed E-state index contributed by atoms with van der Waals surface area (Å²) in [6.45, 7) is 2.11. The standard InChI is InChI=1S/C28H28N4O5S/c1-2-37-23-7-3-6-22(16-23)21-13-11-20(12-14-21)17-28(29,38(35,36)24-8-5-15-30-18-24)25-9-4-10-26(32-25)31-19-27(33)34/h3-16,18H,2,17,19,29H2,1H3,(H,31,32)(H,33,34). The number of carboxylic acid groups (broad SMARTS) is 1. The van der Waals surface area contributed by atoms with Crippen LogP contribution in [-0.4, -0.2) is 42.6 Å². The molecule has 10 heteroatoms. The van der Waals surface area contributed by atoms with Gasteiger partial charge in [0.15, 0.2) is 4.87 Å². The van der Waals surface area contributed by atoms with Crippen molar-refractivity contribution in [1.29, 1.82) is 0 Å². The summed E-state index contributed by atoms with van der Waals surface area (Å²) < 4.78 is 33.4. The summed E-state index contributed by atoms with van der Waals surface area (Å²) in [5.74, 6) is -0.114. The van der Waals surface area contributed by atoms with Crippen molar-refractivity contribution in [3.05, 3.63) is 103 Å². The van der Waals surface area contributed by atoms with Crippen LogP contribution < -0.4 is 15.8 Å². The predicted molar refractivity (Wildman–Crippen MR) is 144 cm³/mol. The van der Waals surface area contributed by atoms with Crippen molar-refractivity contribution in [3.63, 3.8) is 0 Å². The molecule has 196 valence electrons. The van der Waals surface area contributed by atoms with Crippen LogP contribution >= 0.6 is 0 Å². The van der Waals surface area contributed by atoms with Crippen LogP contribution in [0.2, 0.25) is 0 Å². The number of ether oxygens (including phenoxy) is 1. The van der Waals surface area contributed by atoms with Gasteiger partial charge in [-0.2, -0.15) is 0 Å². The van der Waals surface area contributed by atoms with Gasteiger partial charge in [0.05, 0.1) is 17.2 Å². The third kappa shape index (κ3) is 5.82. The monoisotopic (exact) mass is 532 g/mol. The van der Waals surface area contributed by atoms with E-state index in [-0.39, 0.29) is 29.4 Å². The van der Waals surface area contributed by atoms with Gasteiger partial charge >= 0.3 is 5.97 Å². The molecule has 0 aliphatic carbocycles. The first kappa shape index (κ1) is 26.8. The number of nitrogens with one attached hydrogen (secondary N) is 1. The van der Waals surface area contributed by atoms with E-state index in [0.29, 0.717) is 12.2 Å². The van der Waals surface area contributed by atoms with E-state index < -0.39 is 20.7 Å². The molecular formula is C28H28N4O5S. The predicted octanol–water partition coefficient (Wildman–Crippen LogP) is 3.87. The highest BCUT2D eigenvalue weighted by molar-refractivity contribution is 7.92. The second-order valence-electron chi connectivity index (χ2n) is 8.57. The molecule has 0 saturated heterocycles. The molecule has 0 bridgehead atoms. The molecule has 0 radical (unpaired) electrons. The van der Waals surface area contributed by atoms with Crippen LogP contribution in [0.3, 0.4) is 0 Å². The van der Waals surface area contributed by atoms with Gasteiger partial charge in [0.1, 0.15) is 18.1 Å². The number of nitrogens with zero attached hydrogens (tertiary/aromatic N) is 2. The molecular weight excluding hydrogens is 504 g/mol. The Hall–Kier alpha value is -4.28. The van der Waals surface area contributed by atoms with Crippen molar-refractivity contribution in [2.45, 2.75) is 23.1 Å². The minimum Gasteiger partial charge on any atom is -0.494 e. The summed E-state index contributed by atoms with van der Waals surface area (Å²) in [6.07, 6.45) is 2.64. The minimum absolute atomic E-state index is 0.0439. The van der Waals surface area contributed by atoms with Gasteiger partial charge in [0.25, 0.3) is 0 Å². The number of anilines is 1. The lowest BCUT2D eigenvalue weighted by molar-refractivity contribution is -0.134. The Labute approximate surface area is 221 Å². The summed E-state index contributed by atoms with van der Waals surface area (Å²) in [5.41, 5.74) is 9.40. The topological polar surface area (TPSA) is 144 Å². The number of benzene rings is 2. The van der Waals surface area contributed by atoms with Crippen LogP contribution in [-0.2, 0) is 25.9 Å². The Morgan fingerprint density at radius 3 is 2.47 bits per heavy atom. The van der Waals surface area contributed by atoms with Gasteiger partial charge in [0.2, 0.25) is 9.84 Å². The fraction of sp³-hybridized carbons (Fsp3) is 0.179. The van der Waals surface area contributed by atoms with Crippen molar-refractivity contribution in [1.82, 2.24) is 9.97 Å². The van der Waals surface area contributed by atoms with E-state index in [0.717, 1.165) is 16.9 Å². The number of pyridine rings is 2. The van der Waals surface area contributed by atoms with Crippen molar-refractivity contribution >= 4 is 21.6 Å². The molecule has 38 heavy (non-hydrogen) atoms. The zero-order valence-corrected chi connectivity index (χ0v) is 21.6. The largest absolute Gasteiger partial charge is 0.494 e. The molecule has 9 nitrogen and oxygen atoms in total. The Morgan fingerprint density at radius 1 is 1.03 bits per heavy atom. The molecule has 4 rings (SSSR count). The molecule has 0 fully saturated rings. The van der Waals surface area contributed by atoms with Crippen LogP contribution in [0.25, 0.3) is 11.1 Å². The summed E-state index contributed by atoms with van der Waals surface area (Å²) >= 11 is 0. The molecule has 1 atom stereocenters. The summed E-state index contributed by atoms with van der Waals surface area (Å²) in [6, 6.07) is 22.8. The average molecular weight is 533 g/mol. The van der Waals surface area contributed by atoms with Crippen LogP contribution in [0.4, 0.5) is 5.82 Å². The number of hydrogen-bond acceptors (Lipinski definition) is 8. The van der Waals surface area contributed by atoms with E-state index in [2.05, 4.69) is 15.3 Å². The molecule has 2 aromatic heterocycles. The number of hydrogen-bond donors (Lipinski definition) is 3. The Balaban J connectivity index is 1.72. The highest BCUT2D eigenvalue weighted by Crippen LogP contribution is 2.34. The van der Waals surface area contributed by atoms with E-state index in [1.807, 2.05) is 55.5 Å². The smallest absolute Gasteiger partial charge is 0.322 e. The van der Waals surface area contributed by atoms with Crippen molar-refractivity contribution in [2.24, 2.45) is 5.73 Å². The first-order valence-electron chi connectivity index (χ1n) is 11.9. The lowest BCUT2D eigenvalue weighted by atomic mass is 9.99. The van der Waals surface area contributed by atoms with Crippen LogP contribution in [0.15, 0.2) is 96.2 Å². The number of sulfone groups is 1. The van der Waals surface area contributed by atoms with E-state index in [1.54, 1.807) is 12.1 Å². The van der Waals surface area contributed by atoms with Crippen molar-refractivity contribution < 1.29 is 23.1 Å². The number of carboxylic acids is 1. The maximum atomic E-state index is 13.9. The maximum Gasteiger partial charge on any atom is 0.322 e. The molecule has 0 saturated carbocycles. The van der Waals surface area contributed by atoms with Crippen LogP contribution in [0.5, 0.6) is 5.75 Å². The van der Waals surface area contributed by atoms with Gasteiger partial charge in [-0.3, -0.25) is 9.78 Å². The SMILES string of the molecule is CCOc1cccc(-c2ccc(CC(N)(c3cccc(NCC(=O)O)n3)S(=O)(=O)c3cccnc3)cc2)c1. The van der Waals surface area contributed by atoms with Crippen LogP contribution in [0.1, 0.15) is 18.2 Å². The molecule has 0 spiro atoms. The Kier molecular flexibility index (Phi) is 8.04. The van der Waals surface area contributed by atoms with Gasteiger partial charge in [-0.1, -0.05) is 42.5 Å². The van der Waals surface area contributed by atoms with Crippen LogP contribution in [0, 0.1) is 0 Å². The van der Waals surface area contributed by atoms with Crippen molar-refractivity contribution in [3.8, 4) is 16.9 Å². The average Bonchev–Trinajstić information content (AvgIpc) is 2.93. The van der Waals surface area contributed by atoms with Gasteiger partial charge < -0.3 is 20.9 Å². The third-order valence-electron chi connectivity index (χ3n) is 5.93. The number of nitrogens with two attached hydrogens (primary N) is 1. The molecule has 0 aliphatic heterocycles. The normalized spacial score (nSPS) is 12.9. The fourth-order valence-electron chi connectivity index (χ4n) is 4.03. The zero-order chi connectivity index (χ0) is 27.2. The van der Waals surface area contributed by atoms with Gasteiger partial charge in [-0.15, -0.1) is 0 Å². The van der Waals surface area contributed by atoms with Gasteiger partial charge in [0, 0.05) is 18.8 Å². The number of carbonyl (C=O) groups is 1. The summed E-state index contributed by atoms with van der Waals surface area (Å²) in [5, 5.41) is 11.7. The first-order chi connectivity index (χ1) is 18.2. The number of aliphatic carboxylic acids is 1. The fourth-order valence-corrected chi connectivity index (χ4v) is 5.65. The number of aromatic nitrogens is 2. The molecule has 4 aromatic rings. The zero-order valence-electron chi connectivity index (χ0n) is 20.7. The maximum absolute atomic E-state index is 13.9. The summed E-state index contributed by atoms with van der Waals surface area (Å²) in [7, 11) is -4.18. The summed E-state index contributed by atoms with van der Waals surface area (Å²) in [4.78, 5) is 17.3. The van der Waals surface area contributed by atoms with Gasteiger partial charge in [-0.25, -0.2) is 13.4 Å². The number of rotatable bonds is 11. The lowest BCUT2D eigenvalue weighted by Gasteiger charge is -2.29. The van der Waals surface area contributed by atoms with Crippen molar-refractivity contribution in [2.75, 3.05) is 18.5 Å². The molecule has 2 heterocycles. The minimum atomic E-state index is -4.18. The molecule has 2 aromatic carbocycles. The third-order valence-corrected chi connectivity index (χ3v) is 8.10. The molecule has 4 N–H and O–H groups in total. The highest BCUT2D eigenvalue weighted by Gasteiger charge is 2.44. The van der Waals surface area contributed by atoms with E-state index in [1.165, 1.54) is 30.6 Å². The molecule has 1 unspecified atom stereocenters. The van der Waals surface area contributed by atoms with E-state index in [4.69, 9.17) is 15.6 Å². The highest BCUT2D eigenvalue weighted by atomic mass is 32.2. The van der Waals surface area contributed by atoms with E-state index >= 15 is 0 Å². The second-order valence-corrected chi connectivity index (χ2v) is 10.8. The lowest BCUT2D eigenvalue weighted by Crippen LogP contribution is -2.47. The Bertz CT molecular complexity index is 1510. The first-order valence-corrected chi connectivity index (χ1v) is 13.4. The van der Waals surface area contributed by atoms with E-state index in [9.17, 15) is 13.2 Å². The molecule has 0 amide bonds. The molecule has 0 aliphatic rings. The quantitative estimate of drug-likeness (QED) is 0.262. The second kappa shape index (κ2) is 11.4.